The molecule has 0 unspecified atom stereocenters. The summed E-state index contributed by atoms with van der Waals surface area (Å²) >= 11 is 0. The fourth-order valence-electron chi connectivity index (χ4n) is 5.18. The molecule has 0 bridgehead atoms. The van der Waals surface area contributed by atoms with E-state index in [0.717, 1.165) is 16.8 Å². The van der Waals surface area contributed by atoms with E-state index in [1.807, 2.05) is 42.5 Å². The van der Waals surface area contributed by atoms with Crippen molar-refractivity contribution >= 4 is 29.2 Å². The van der Waals surface area contributed by atoms with Gasteiger partial charge in [-0.2, -0.15) is 0 Å². The van der Waals surface area contributed by atoms with Gasteiger partial charge in [0.1, 0.15) is 5.54 Å². The standard InChI is InChI=1S/C28H27N3O4/c1-2-35-26(33)19-12-14-20(15-13-19)29-25(32)23-17-21(16-18-8-4-3-5-9-18)31-28(23)22-10-6-7-11-24(22)30-27(28)34/h3-15,21,23,31H,2,16-17H2,1H3,(H,29,32)(H,30,34)/t21-,23-,28-/m0/s1. The molecule has 1 fully saturated rings. The Labute approximate surface area is 203 Å². The smallest absolute Gasteiger partial charge is 0.338 e. The molecule has 35 heavy (non-hydrogen) atoms. The fraction of sp³-hybridized carbons (Fsp3) is 0.250. The fourth-order valence-corrected chi connectivity index (χ4v) is 5.18. The predicted molar refractivity (Wildman–Crippen MR) is 133 cm³/mol. The molecule has 3 aromatic rings. The van der Waals surface area contributed by atoms with Crippen molar-refractivity contribution in [2.24, 2.45) is 5.92 Å². The van der Waals surface area contributed by atoms with Crippen LogP contribution in [0.2, 0.25) is 0 Å². The average Bonchev–Trinajstić information content (AvgIpc) is 3.38. The number of nitrogens with one attached hydrogen (secondary N) is 3. The summed E-state index contributed by atoms with van der Waals surface area (Å²) in [4.78, 5) is 39.0. The summed E-state index contributed by atoms with van der Waals surface area (Å²) in [6, 6.07) is 24.1. The number of anilines is 2. The number of esters is 1. The largest absolute Gasteiger partial charge is 0.462 e. The molecule has 0 saturated carbocycles. The molecule has 178 valence electrons. The van der Waals surface area contributed by atoms with E-state index in [9.17, 15) is 14.4 Å². The number of fused-ring (bicyclic) bond motifs is 2. The third-order valence-electron chi connectivity index (χ3n) is 6.74. The van der Waals surface area contributed by atoms with E-state index in [1.54, 1.807) is 31.2 Å². The average molecular weight is 470 g/mol. The van der Waals surface area contributed by atoms with Gasteiger partial charge in [0.15, 0.2) is 0 Å². The van der Waals surface area contributed by atoms with Crippen LogP contribution in [0.15, 0.2) is 78.9 Å². The Morgan fingerprint density at radius 1 is 1.00 bits per heavy atom. The van der Waals surface area contributed by atoms with Crippen molar-refractivity contribution in [1.82, 2.24) is 5.32 Å². The molecule has 3 N–H and O–H groups in total. The van der Waals surface area contributed by atoms with Gasteiger partial charge in [0.05, 0.1) is 18.1 Å². The Bertz CT molecular complexity index is 1260. The number of rotatable bonds is 6. The van der Waals surface area contributed by atoms with Crippen LogP contribution in [-0.2, 0) is 26.3 Å². The number of ether oxygens (including phenoxy) is 1. The minimum atomic E-state index is -1.15. The van der Waals surface area contributed by atoms with Crippen LogP contribution in [0.5, 0.6) is 0 Å². The van der Waals surface area contributed by atoms with Crippen molar-refractivity contribution in [2.45, 2.75) is 31.3 Å². The third kappa shape index (κ3) is 4.19. The quantitative estimate of drug-likeness (QED) is 0.477. The molecule has 2 heterocycles. The normalized spacial score (nSPS) is 22.5. The summed E-state index contributed by atoms with van der Waals surface area (Å²) in [5.41, 5.74) is 2.47. The van der Waals surface area contributed by atoms with Gasteiger partial charge >= 0.3 is 5.97 Å². The van der Waals surface area contributed by atoms with Crippen LogP contribution in [0.25, 0.3) is 0 Å². The topological polar surface area (TPSA) is 96.5 Å². The summed E-state index contributed by atoms with van der Waals surface area (Å²) in [6.45, 7) is 2.04. The van der Waals surface area contributed by atoms with Crippen LogP contribution in [0, 0.1) is 5.92 Å². The molecule has 0 aromatic heterocycles. The zero-order valence-electron chi connectivity index (χ0n) is 19.4. The van der Waals surface area contributed by atoms with Gasteiger partial charge in [-0.15, -0.1) is 0 Å². The number of hydrogen-bond donors (Lipinski definition) is 3. The van der Waals surface area contributed by atoms with Crippen LogP contribution < -0.4 is 16.0 Å². The Balaban J connectivity index is 1.43. The first-order valence-electron chi connectivity index (χ1n) is 11.8. The van der Waals surface area contributed by atoms with E-state index in [4.69, 9.17) is 4.74 Å². The number of hydrogen-bond acceptors (Lipinski definition) is 5. The first-order valence-corrected chi connectivity index (χ1v) is 11.8. The Kier molecular flexibility index (Phi) is 6.09. The molecule has 3 atom stereocenters. The third-order valence-corrected chi connectivity index (χ3v) is 6.74. The highest BCUT2D eigenvalue weighted by Crippen LogP contribution is 2.47. The summed E-state index contributed by atoms with van der Waals surface area (Å²) in [5.74, 6) is -1.49. The highest BCUT2D eigenvalue weighted by Gasteiger charge is 2.59. The van der Waals surface area contributed by atoms with Crippen molar-refractivity contribution < 1.29 is 19.1 Å². The molecule has 7 heteroatoms. The highest BCUT2D eigenvalue weighted by molar-refractivity contribution is 6.10. The second-order valence-electron chi connectivity index (χ2n) is 8.91. The van der Waals surface area contributed by atoms with Gasteiger partial charge in [0.25, 0.3) is 0 Å². The second-order valence-corrected chi connectivity index (χ2v) is 8.91. The van der Waals surface area contributed by atoms with Gasteiger partial charge in [-0.25, -0.2) is 4.79 Å². The maximum absolute atomic E-state index is 13.6. The van der Waals surface area contributed by atoms with Crippen molar-refractivity contribution in [3.63, 3.8) is 0 Å². The Morgan fingerprint density at radius 2 is 1.71 bits per heavy atom. The number of carbonyl (C=O) groups excluding carboxylic acids is 3. The molecule has 1 saturated heterocycles. The summed E-state index contributed by atoms with van der Waals surface area (Å²) in [6.07, 6.45) is 1.21. The van der Waals surface area contributed by atoms with Crippen LogP contribution in [0.1, 0.15) is 34.8 Å². The van der Waals surface area contributed by atoms with Crippen LogP contribution in [0.3, 0.4) is 0 Å². The lowest BCUT2D eigenvalue weighted by Crippen LogP contribution is -2.52. The SMILES string of the molecule is CCOC(=O)c1ccc(NC(=O)[C@@H]2C[C@H](Cc3ccccc3)N[C@]23C(=O)Nc2ccccc23)cc1. The van der Waals surface area contributed by atoms with Crippen molar-refractivity contribution in [3.05, 3.63) is 95.6 Å². The van der Waals surface area contributed by atoms with Gasteiger partial charge < -0.3 is 15.4 Å². The molecule has 2 amide bonds. The van der Waals surface area contributed by atoms with E-state index < -0.39 is 17.4 Å². The summed E-state index contributed by atoms with van der Waals surface area (Å²) < 4.78 is 5.02. The molecule has 0 radical (unpaired) electrons. The van der Waals surface area contributed by atoms with Gasteiger partial charge in [-0.05, 0) is 55.7 Å². The van der Waals surface area contributed by atoms with Gasteiger partial charge in [-0.1, -0.05) is 48.5 Å². The first kappa shape index (κ1) is 22.8. The van der Waals surface area contributed by atoms with Crippen LogP contribution in [-0.4, -0.2) is 30.4 Å². The number of carbonyl (C=O) groups is 3. The Morgan fingerprint density at radius 3 is 2.46 bits per heavy atom. The lowest BCUT2D eigenvalue weighted by atomic mass is 9.79. The van der Waals surface area contributed by atoms with Gasteiger partial charge in [0.2, 0.25) is 11.8 Å². The molecule has 1 spiro atoms. The molecule has 2 aliphatic heterocycles. The van der Waals surface area contributed by atoms with Crippen LogP contribution >= 0.6 is 0 Å². The number of para-hydroxylation sites is 1. The second kappa shape index (κ2) is 9.35. The van der Waals surface area contributed by atoms with Crippen LogP contribution in [0.4, 0.5) is 11.4 Å². The van der Waals surface area contributed by atoms with E-state index in [1.165, 1.54) is 0 Å². The minimum absolute atomic E-state index is 0.0590. The maximum atomic E-state index is 13.6. The summed E-state index contributed by atoms with van der Waals surface area (Å²) in [5, 5.41) is 9.46. The monoisotopic (exact) mass is 469 g/mol. The van der Waals surface area contributed by atoms with E-state index in [2.05, 4.69) is 28.1 Å². The Hall–Kier alpha value is -3.97. The van der Waals surface area contributed by atoms with Crippen molar-refractivity contribution in [2.75, 3.05) is 17.2 Å². The highest BCUT2D eigenvalue weighted by atomic mass is 16.5. The first-order chi connectivity index (χ1) is 17.0. The van der Waals surface area contributed by atoms with Crippen molar-refractivity contribution in [3.8, 4) is 0 Å². The lowest BCUT2D eigenvalue weighted by Gasteiger charge is -2.29. The zero-order valence-corrected chi connectivity index (χ0v) is 19.4. The zero-order chi connectivity index (χ0) is 24.4. The molecule has 0 aliphatic carbocycles. The molecule has 2 aliphatic rings. The molecular weight excluding hydrogens is 442 g/mol. The molecule has 7 nitrogen and oxygen atoms in total. The van der Waals surface area contributed by atoms with Gasteiger partial charge in [0, 0.05) is 23.0 Å². The summed E-state index contributed by atoms with van der Waals surface area (Å²) in [7, 11) is 0. The predicted octanol–water partition coefficient (Wildman–Crippen LogP) is 3.87. The van der Waals surface area contributed by atoms with Gasteiger partial charge in [-0.3, -0.25) is 14.9 Å². The molecule has 5 rings (SSSR count). The number of benzene rings is 3. The van der Waals surface area contributed by atoms with E-state index in [0.29, 0.717) is 30.7 Å². The van der Waals surface area contributed by atoms with E-state index in [-0.39, 0.29) is 17.9 Å². The molecular formula is C28H27N3O4. The van der Waals surface area contributed by atoms with E-state index >= 15 is 0 Å². The van der Waals surface area contributed by atoms with Crippen molar-refractivity contribution in [1.29, 1.82) is 0 Å². The molecule has 3 aromatic carbocycles. The maximum Gasteiger partial charge on any atom is 0.338 e. The minimum Gasteiger partial charge on any atom is -0.462 e. The number of amides is 2. The lowest BCUT2D eigenvalue weighted by molar-refractivity contribution is -0.130.